The molecule has 0 N–H and O–H groups in total. The molecule has 0 saturated heterocycles. The monoisotopic (exact) mass is 807 g/mol. The van der Waals surface area contributed by atoms with E-state index in [2.05, 4.69) is 125 Å². The predicted molar refractivity (Wildman–Crippen MR) is 196 cm³/mol. The Morgan fingerprint density at radius 1 is 0.617 bits per heavy atom. The Kier molecular flexibility index (Phi) is 11.3. The Balaban J connectivity index is 0.000000280. The van der Waals surface area contributed by atoms with Crippen LogP contribution in [0.3, 0.4) is 0 Å². The van der Waals surface area contributed by atoms with Crippen molar-refractivity contribution in [2.45, 2.75) is 46.5 Å². The van der Waals surface area contributed by atoms with E-state index in [-0.39, 0.29) is 20.1 Å². The average Bonchev–Trinajstić information content (AvgIpc) is 3.45. The second kappa shape index (κ2) is 15.6. The summed E-state index contributed by atoms with van der Waals surface area (Å²) in [5, 5.41) is 1.30. The molecule has 0 aliphatic rings. The average molecular weight is 807 g/mol. The normalized spacial score (nSPS) is 10.9. The van der Waals surface area contributed by atoms with Crippen LogP contribution in [0, 0.1) is 19.1 Å². The summed E-state index contributed by atoms with van der Waals surface area (Å²) < 4.78 is 1.19. The summed E-state index contributed by atoms with van der Waals surface area (Å²) in [6.07, 6.45) is 3.71. The molecule has 0 spiro atoms. The molecule has 7 aromatic rings. The van der Waals surface area contributed by atoms with E-state index in [0.717, 1.165) is 22.5 Å². The van der Waals surface area contributed by atoms with Crippen LogP contribution in [0.15, 0.2) is 128 Å². The summed E-state index contributed by atoms with van der Waals surface area (Å²) in [4.78, 5) is 10.3. The van der Waals surface area contributed by atoms with Crippen LogP contribution in [0.5, 0.6) is 0 Å². The number of rotatable bonds is 6. The number of hydrogen-bond acceptors (Lipinski definition) is 3. The molecule has 2 nitrogen and oxygen atoms in total. The quantitative estimate of drug-likeness (QED) is 0.156. The van der Waals surface area contributed by atoms with Gasteiger partial charge in [-0.15, -0.1) is 53.6 Å². The molecule has 0 fully saturated rings. The van der Waals surface area contributed by atoms with Crippen molar-refractivity contribution in [2.24, 2.45) is 0 Å². The van der Waals surface area contributed by atoms with Gasteiger partial charge in [0.15, 0.2) is 0 Å². The third-order valence-corrected chi connectivity index (χ3v) is 9.51. The number of nitrogens with zero attached hydrogens (tertiary/aromatic N) is 2. The molecule has 4 aromatic carbocycles. The summed E-state index contributed by atoms with van der Waals surface area (Å²) in [5.41, 5.74) is 11.8. The molecule has 4 heteroatoms. The van der Waals surface area contributed by atoms with Crippen molar-refractivity contribution >= 4 is 21.4 Å². The van der Waals surface area contributed by atoms with Crippen LogP contribution < -0.4 is 0 Å². The number of benzene rings is 4. The van der Waals surface area contributed by atoms with Gasteiger partial charge in [-0.2, -0.15) is 11.3 Å². The van der Waals surface area contributed by atoms with Crippen LogP contribution in [0.2, 0.25) is 0 Å². The van der Waals surface area contributed by atoms with Crippen molar-refractivity contribution in [3.8, 4) is 44.1 Å². The Morgan fingerprint density at radius 3 is 1.98 bits per heavy atom. The van der Waals surface area contributed by atoms with Gasteiger partial charge < -0.3 is 9.97 Å². The molecule has 0 atom stereocenters. The summed E-state index contributed by atoms with van der Waals surface area (Å²) in [6, 6.07) is 46.9. The molecular formula is C43H38IrN2S-2. The van der Waals surface area contributed by atoms with Crippen LogP contribution in [-0.2, 0) is 20.1 Å². The zero-order valence-electron chi connectivity index (χ0n) is 27.4. The first kappa shape index (κ1) is 34.1. The van der Waals surface area contributed by atoms with E-state index in [1.165, 1.54) is 48.3 Å². The Bertz CT molecular complexity index is 1990. The second-order valence-electron chi connectivity index (χ2n) is 12.1. The molecule has 0 unspecified atom stereocenters. The minimum Gasteiger partial charge on any atom is -0.305 e. The van der Waals surface area contributed by atoms with Crippen molar-refractivity contribution < 1.29 is 20.1 Å². The van der Waals surface area contributed by atoms with Gasteiger partial charge in [-0.05, 0) is 63.7 Å². The van der Waals surface area contributed by atoms with E-state index in [9.17, 15) is 0 Å². The van der Waals surface area contributed by atoms with E-state index in [1.54, 1.807) is 6.20 Å². The van der Waals surface area contributed by atoms with Crippen molar-refractivity contribution in [2.75, 3.05) is 0 Å². The van der Waals surface area contributed by atoms with E-state index >= 15 is 0 Å². The topological polar surface area (TPSA) is 25.8 Å². The minimum atomic E-state index is 0. The first-order valence-electron chi connectivity index (χ1n) is 15.9. The minimum absolute atomic E-state index is 0. The van der Waals surface area contributed by atoms with E-state index in [4.69, 9.17) is 4.98 Å². The van der Waals surface area contributed by atoms with Crippen LogP contribution in [0.1, 0.15) is 56.2 Å². The molecule has 0 bridgehead atoms. The zero-order valence-corrected chi connectivity index (χ0v) is 30.6. The third kappa shape index (κ3) is 7.85. The molecule has 1 radical (unpaired) electrons. The fourth-order valence-corrected chi connectivity index (χ4v) is 6.85. The van der Waals surface area contributed by atoms with Crippen molar-refractivity contribution in [3.63, 3.8) is 0 Å². The van der Waals surface area contributed by atoms with Crippen LogP contribution in [-0.4, -0.2) is 9.97 Å². The molecule has 0 saturated carbocycles. The molecule has 7 rings (SSSR count). The van der Waals surface area contributed by atoms with Gasteiger partial charge in [-0.25, -0.2) is 0 Å². The van der Waals surface area contributed by atoms with Crippen LogP contribution in [0.4, 0.5) is 0 Å². The number of hydrogen-bond donors (Lipinski definition) is 0. The van der Waals surface area contributed by atoms with E-state index in [1.807, 2.05) is 60.0 Å². The van der Waals surface area contributed by atoms with E-state index in [0.29, 0.717) is 11.8 Å². The number of pyridine rings is 2. The summed E-state index contributed by atoms with van der Waals surface area (Å²) in [7, 11) is 0. The standard InChI is InChI=1S/C32H30NS.C11H8N.Ir/c1-20(2)23-11-13-24(14-12-23)28-17-27(29-18-26(21(3)4)15-16-33-29)19-30-31(28)22(5)32(34-30)25-9-7-6-8-10-25;1-2-6-10(7-3-1)11-8-4-5-9-12-11;/h6-18,20-21H,1-5H3;1-6,8-9H;/q2*-1;. The zero-order chi connectivity index (χ0) is 32.0. The molecule has 0 amide bonds. The maximum absolute atomic E-state index is 4.73. The number of fused-ring (bicyclic) bond motifs is 1. The Morgan fingerprint density at radius 2 is 1.32 bits per heavy atom. The first-order chi connectivity index (χ1) is 22.4. The van der Waals surface area contributed by atoms with E-state index < -0.39 is 0 Å². The fourth-order valence-electron chi connectivity index (χ4n) is 5.61. The Labute approximate surface area is 297 Å². The van der Waals surface area contributed by atoms with Gasteiger partial charge in [0.05, 0.1) is 0 Å². The van der Waals surface area contributed by atoms with Gasteiger partial charge >= 0.3 is 0 Å². The molecular weight excluding hydrogens is 769 g/mol. The van der Waals surface area contributed by atoms with Crippen molar-refractivity contribution in [3.05, 3.63) is 156 Å². The molecule has 237 valence electrons. The summed E-state index contributed by atoms with van der Waals surface area (Å²) >= 11 is 1.83. The molecule has 3 heterocycles. The molecule has 0 aliphatic heterocycles. The number of thiophene rings is 1. The summed E-state index contributed by atoms with van der Waals surface area (Å²) in [6.45, 7) is 11.2. The van der Waals surface area contributed by atoms with Gasteiger partial charge in [0, 0.05) is 37.4 Å². The van der Waals surface area contributed by atoms with Gasteiger partial charge in [0.2, 0.25) is 0 Å². The fraction of sp³-hybridized carbons (Fsp3) is 0.163. The number of aromatic nitrogens is 2. The largest absolute Gasteiger partial charge is 0.305 e. The number of aryl methyl sites for hydroxylation is 1. The van der Waals surface area contributed by atoms with Gasteiger partial charge in [0.25, 0.3) is 0 Å². The maximum Gasteiger partial charge on any atom is 0.0276 e. The first-order valence-corrected chi connectivity index (χ1v) is 16.7. The van der Waals surface area contributed by atoms with Gasteiger partial charge in [-0.1, -0.05) is 123 Å². The smallest absolute Gasteiger partial charge is 0.0276 e. The third-order valence-electron chi connectivity index (χ3n) is 8.25. The second-order valence-corrected chi connectivity index (χ2v) is 13.1. The molecule has 0 aliphatic carbocycles. The predicted octanol–water partition coefficient (Wildman–Crippen LogP) is 12.2. The molecule has 47 heavy (non-hydrogen) atoms. The maximum atomic E-state index is 4.73. The SMILES string of the molecule is Cc1c(-c2ccccc2)sc2[c-]c(-c3cc(C(C)C)ccn3)cc(-c3ccc(C(C)C)cc3)c12.[Ir].[c-]1ccccc1-c1ccccn1. The molecule has 3 aromatic heterocycles. The van der Waals surface area contributed by atoms with Crippen molar-refractivity contribution in [1.29, 1.82) is 0 Å². The van der Waals surface area contributed by atoms with Crippen LogP contribution in [0.25, 0.3) is 54.2 Å². The van der Waals surface area contributed by atoms with Crippen molar-refractivity contribution in [1.82, 2.24) is 9.97 Å². The van der Waals surface area contributed by atoms with Gasteiger partial charge in [0.1, 0.15) is 0 Å². The summed E-state index contributed by atoms with van der Waals surface area (Å²) in [5.74, 6) is 0.978. The Hall–Kier alpha value is -4.21. The van der Waals surface area contributed by atoms with Crippen LogP contribution >= 0.6 is 11.3 Å². The van der Waals surface area contributed by atoms with Gasteiger partial charge in [-0.3, -0.25) is 0 Å².